The molecule has 0 amide bonds. The van der Waals surface area contributed by atoms with E-state index in [-0.39, 0.29) is 5.75 Å². The first-order chi connectivity index (χ1) is 4.74. The molecule has 1 rings (SSSR count). The second-order valence-electron chi connectivity index (χ2n) is 2.14. The number of benzene rings is 1. The van der Waals surface area contributed by atoms with Gasteiger partial charge in [0.05, 0.1) is 5.02 Å². The van der Waals surface area contributed by atoms with Gasteiger partial charge in [-0.1, -0.05) is 24.6 Å². The number of hydrogen-bond donors (Lipinski definition) is 1. The lowest BCUT2D eigenvalue weighted by molar-refractivity contribution is 0.475. The van der Waals surface area contributed by atoms with Gasteiger partial charge in [-0.2, -0.15) is 0 Å². The highest BCUT2D eigenvalue weighted by molar-refractivity contribution is 6.32. The third-order valence-corrected chi connectivity index (χ3v) is 1.72. The van der Waals surface area contributed by atoms with Gasteiger partial charge in [0.2, 0.25) is 0 Å². The summed E-state index contributed by atoms with van der Waals surface area (Å²) in [7, 11) is 0. The first-order valence-corrected chi connectivity index (χ1v) is 3.59. The van der Waals surface area contributed by atoms with Crippen molar-refractivity contribution in [1.29, 1.82) is 0 Å². The van der Waals surface area contributed by atoms with Crippen molar-refractivity contribution < 1.29 is 5.11 Å². The summed E-state index contributed by atoms with van der Waals surface area (Å²) in [5.74, 6) is 0.152. The summed E-state index contributed by atoms with van der Waals surface area (Å²) in [6.07, 6.45) is 0.944. The van der Waals surface area contributed by atoms with Crippen LogP contribution in [-0.4, -0.2) is 5.11 Å². The lowest BCUT2D eigenvalue weighted by Gasteiger charge is -1.98. The summed E-state index contributed by atoms with van der Waals surface area (Å²) in [6, 6.07) is 5.25. The van der Waals surface area contributed by atoms with Crippen molar-refractivity contribution in [2.45, 2.75) is 13.3 Å². The number of halogens is 1. The van der Waals surface area contributed by atoms with Crippen LogP contribution >= 0.6 is 11.6 Å². The Morgan fingerprint density at radius 1 is 1.50 bits per heavy atom. The average Bonchev–Trinajstić information content (AvgIpc) is 1.95. The minimum Gasteiger partial charge on any atom is -0.506 e. The van der Waals surface area contributed by atoms with Crippen molar-refractivity contribution >= 4 is 11.6 Å². The normalized spacial score (nSPS) is 9.80. The molecule has 0 aliphatic heterocycles. The molecule has 0 aromatic heterocycles. The molecule has 0 bridgehead atoms. The quantitative estimate of drug-likeness (QED) is 0.663. The van der Waals surface area contributed by atoms with E-state index in [9.17, 15) is 0 Å². The fourth-order valence-corrected chi connectivity index (χ4v) is 0.973. The Labute approximate surface area is 65.3 Å². The van der Waals surface area contributed by atoms with Gasteiger partial charge in [0.15, 0.2) is 0 Å². The predicted octanol–water partition coefficient (Wildman–Crippen LogP) is 2.61. The molecule has 0 aliphatic rings. The van der Waals surface area contributed by atoms with E-state index in [4.69, 9.17) is 16.7 Å². The summed E-state index contributed by atoms with van der Waals surface area (Å²) in [5, 5.41) is 9.44. The Kier molecular flexibility index (Phi) is 2.17. The summed E-state index contributed by atoms with van der Waals surface area (Å²) in [5.41, 5.74) is 1.14. The van der Waals surface area contributed by atoms with Crippen LogP contribution in [0.3, 0.4) is 0 Å². The molecule has 0 radical (unpaired) electrons. The Bertz CT molecular complexity index is 233. The van der Waals surface area contributed by atoms with Crippen LogP contribution in [0.4, 0.5) is 0 Å². The van der Waals surface area contributed by atoms with E-state index < -0.39 is 0 Å². The molecule has 0 spiro atoms. The predicted molar refractivity (Wildman–Crippen MR) is 42.5 cm³/mol. The minimum absolute atomic E-state index is 0.152. The molecule has 1 aromatic carbocycles. The van der Waals surface area contributed by atoms with Gasteiger partial charge in [0.25, 0.3) is 0 Å². The molecule has 0 saturated heterocycles. The van der Waals surface area contributed by atoms with E-state index in [1.165, 1.54) is 0 Å². The average molecular weight is 157 g/mol. The molecule has 0 unspecified atom stereocenters. The van der Waals surface area contributed by atoms with Gasteiger partial charge in [-0.25, -0.2) is 0 Å². The molecular formula is C8H9ClO. The summed E-state index contributed by atoms with van der Waals surface area (Å²) >= 11 is 5.64. The van der Waals surface area contributed by atoms with Crippen LogP contribution < -0.4 is 0 Å². The van der Waals surface area contributed by atoms with Crippen LogP contribution in [0.5, 0.6) is 5.75 Å². The molecular weight excluding hydrogens is 148 g/mol. The first kappa shape index (κ1) is 7.42. The molecule has 2 heteroatoms. The maximum Gasteiger partial charge on any atom is 0.134 e. The number of phenols is 1. The van der Waals surface area contributed by atoms with Crippen molar-refractivity contribution in [2.75, 3.05) is 0 Å². The van der Waals surface area contributed by atoms with Crippen molar-refractivity contribution in [3.05, 3.63) is 28.8 Å². The minimum atomic E-state index is 0.152. The fourth-order valence-electron chi connectivity index (χ4n) is 0.770. The largest absolute Gasteiger partial charge is 0.506 e. The van der Waals surface area contributed by atoms with E-state index >= 15 is 0 Å². The topological polar surface area (TPSA) is 20.2 Å². The van der Waals surface area contributed by atoms with Gasteiger partial charge in [-0.05, 0) is 24.1 Å². The van der Waals surface area contributed by atoms with Crippen LogP contribution in [0.15, 0.2) is 18.2 Å². The molecule has 0 saturated carbocycles. The lowest BCUT2D eigenvalue weighted by atomic mass is 10.2. The smallest absolute Gasteiger partial charge is 0.134 e. The first-order valence-electron chi connectivity index (χ1n) is 3.21. The van der Waals surface area contributed by atoms with Crippen molar-refractivity contribution in [2.24, 2.45) is 0 Å². The van der Waals surface area contributed by atoms with Crippen LogP contribution in [0.2, 0.25) is 5.02 Å². The van der Waals surface area contributed by atoms with E-state index in [1.54, 1.807) is 12.1 Å². The van der Waals surface area contributed by atoms with E-state index in [2.05, 4.69) is 0 Å². The highest BCUT2D eigenvalue weighted by atomic mass is 35.5. The van der Waals surface area contributed by atoms with Gasteiger partial charge in [-0.3, -0.25) is 0 Å². The van der Waals surface area contributed by atoms with Crippen molar-refractivity contribution in [3.63, 3.8) is 0 Å². The van der Waals surface area contributed by atoms with Crippen LogP contribution in [0.1, 0.15) is 12.5 Å². The van der Waals surface area contributed by atoms with Gasteiger partial charge in [0, 0.05) is 0 Å². The SMILES string of the molecule is CCc1ccc(O)c(Cl)c1. The van der Waals surface area contributed by atoms with Crippen molar-refractivity contribution in [1.82, 2.24) is 0 Å². The maximum absolute atomic E-state index is 9.01. The molecule has 0 aliphatic carbocycles. The monoisotopic (exact) mass is 156 g/mol. The second kappa shape index (κ2) is 2.93. The highest BCUT2D eigenvalue weighted by Crippen LogP contribution is 2.23. The van der Waals surface area contributed by atoms with Crippen LogP contribution in [0.25, 0.3) is 0 Å². The second-order valence-corrected chi connectivity index (χ2v) is 2.55. The molecule has 0 fully saturated rings. The molecule has 1 nitrogen and oxygen atoms in total. The van der Waals surface area contributed by atoms with Gasteiger partial charge >= 0.3 is 0 Å². The number of aryl methyl sites for hydroxylation is 1. The zero-order chi connectivity index (χ0) is 7.56. The summed E-state index contributed by atoms with van der Waals surface area (Å²) < 4.78 is 0. The third kappa shape index (κ3) is 1.42. The standard InChI is InChI=1S/C8H9ClO/c1-2-6-3-4-8(10)7(9)5-6/h3-5,10H,2H2,1H3. The molecule has 0 atom stereocenters. The van der Waals surface area contributed by atoms with Crippen LogP contribution in [0, 0.1) is 0 Å². The number of aromatic hydroxyl groups is 1. The Balaban J connectivity index is 3.04. The van der Waals surface area contributed by atoms with Crippen LogP contribution in [-0.2, 0) is 6.42 Å². The Morgan fingerprint density at radius 3 is 2.70 bits per heavy atom. The van der Waals surface area contributed by atoms with Gasteiger partial charge < -0.3 is 5.11 Å². The zero-order valence-electron chi connectivity index (χ0n) is 5.76. The summed E-state index contributed by atoms with van der Waals surface area (Å²) in [4.78, 5) is 0. The molecule has 1 N–H and O–H groups in total. The lowest BCUT2D eigenvalue weighted by Crippen LogP contribution is -1.78. The Morgan fingerprint density at radius 2 is 2.20 bits per heavy atom. The van der Waals surface area contributed by atoms with E-state index in [1.807, 2.05) is 13.0 Å². The number of phenolic OH excluding ortho intramolecular Hbond substituents is 1. The third-order valence-electron chi connectivity index (χ3n) is 1.42. The molecule has 0 heterocycles. The molecule has 54 valence electrons. The zero-order valence-corrected chi connectivity index (χ0v) is 6.52. The van der Waals surface area contributed by atoms with Gasteiger partial charge in [-0.15, -0.1) is 0 Å². The molecule has 10 heavy (non-hydrogen) atoms. The number of hydrogen-bond acceptors (Lipinski definition) is 1. The molecule has 1 aromatic rings. The van der Waals surface area contributed by atoms with Gasteiger partial charge in [0.1, 0.15) is 5.75 Å². The van der Waals surface area contributed by atoms with E-state index in [0.717, 1.165) is 12.0 Å². The fraction of sp³-hybridized carbons (Fsp3) is 0.250. The number of rotatable bonds is 1. The maximum atomic E-state index is 9.01. The highest BCUT2D eigenvalue weighted by Gasteiger charge is 1.96. The van der Waals surface area contributed by atoms with Crippen molar-refractivity contribution in [3.8, 4) is 5.75 Å². The van der Waals surface area contributed by atoms with E-state index in [0.29, 0.717) is 5.02 Å². The Hall–Kier alpha value is -0.690. The summed E-state index contributed by atoms with van der Waals surface area (Å²) in [6.45, 7) is 2.04.